The molecule has 0 aromatic carbocycles. The first-order chi connectivity index (χ1) is 8.25. The molecule has 2 heterocycles. The number of nitrogens with zero attached hydrogens (tertiary/aromatic N) is 5. The first kappa shape index (κ1) is 11.0. The first-order valence-electron chi connectivity index (χ1n) is 4.92. The first-order valence-corrected chi connectivity index (χ1v) is 4.92. The van der Waals surface area contributed by atoms with Crippen molar-refractivity contribution in [3.63, 3.8) is 0 Å². The van der Waals surface area contributed by atoms with Crippen LogP contribution in [0.3, 0.4) is 0 Å². The van der Waals surface area contributed by atoms with Gasteiger partial charge in [0.25, 0.3) is 0 Å². The zero-order valence-corrected chi connectivity index (χ0v) is 8.85. The second kappa shape index (κ2) is 5.01. The number of anilines is 1. The van der Waals surface area contributed by atoms with E-state index in [1.807, 2.05) is 10.8 Å². The Balaban J connectivity index is 1.85. The summed E-state index contributed by atoms with van der Waals surface area (Å²) in [7, 11) is 0. The van der Waals surface area contributed by atoms with Gasteiger partial charge in [0.1, 0.15) is 12.4 Å². The van der Waals surface area contributed by atoms with E-state index in [1.165, 1.54) is 12.4 Å². The normalized spacial score (nSPS) is 10.1. The van der Waals surface area contributed by atoms with Gasteiger partial charge in [-0.1, -0.05) is 0 Å². The molecule has 0 atom stereocenters. The molecule has 0 aliphatic carbocycles. The molecule has 0 radical (unpaired) electrons. The molecule has 0 saturated heterocycles. The van der Waals surface area contributed by atoms with Crippen LogP contribution in [-0.2, 0) is 6.54 Å². The van der Waals surface area contributed by atoms with Crippen LogP contribution in [0.4, 0.5) is 11.6 Å². The minimum absolute atomic E-state index is 0.120. The highest BCUT2D eigenvalue weighted by atomic mass is 16.6. The van der Waals surface area contributed by atoms with Gasteiger partial charge in [0.05, 0.1) is 11.3 Å². The lowest BCUT2D eigenvalue weighted by molar-refractivity contribution is -0.385. The molecule has 2 rings (SSSR count). The molecule has 88 valence electrons. The predicted octanol–water partition coefficient (Wildman–Crippen LogP) is 0.693. The Bertz CT molecular complexity index is 481. The van der Waals surface area contributed by atoms with E-state index in [1.54, 1.807) is 12.5 Å². The molecular weight excluding hydrogens is 224 g/mol. The quantitative estimate of drug-likeness (QED) is 0.603. The number of hydrogen-bond donors (Lipinski definition) is 1. The summed E-state index contributed by atoms with van der Waals surface area (Å²) in [5.74, 6) is 0.371. The maximum atomic E-state index is 10.4. The largest absolute Gasteiger partial charge is 0.352 e. The number of imidazole rings is 1. The third-order valence-electron chi connectivity index (χ3n) is 2.06. The topological polar surface area (TPSA) is 98.8 Å². The molecule has 2 aromatic rings. The zero-order chi connectivity index (χ0) is 12.1. The summed E-state index contributed by atoms with van der Waals surface area (Å²) in [6.07, 6.45) is 7.60. The van der Waals surface area contributed by atoms with Gasteiger partial charge in [-0.05, 0) is 0 Å². The standard InChI is InChI=1S/C9H10N6O2/c16-15(17)8-5-12-9(13-6-8)11-2-4-14-3-1-10-7-14/h1,3,5-7H,2,4H2,(H,11,12,13). The summed E-state index contributed by atoms with van der Waals surface area (Å²) in [6, 6.07) is 0. The van der Waals surface area contributed by atoms with Gasteiger partial charge >= 0.3 is 5.69 Å². The molecule has 8 heteroatoms. The summed E-state index contributed by atoms with van der Waals surface area (Å²) < 4.78 is 1.90. The van der Waals surface area contributed by atoms with Gasteiger partial charge in [-0.2, -0.15) is 0 Å². The van der Waals surface area contributed by atoms with Crippen LogP contribution in [0.2, 0.25) is 0 Å². The van der Waals surface area contributed by atoms with Crippen molar-refractivity contribution in [1.82, 2.24) is 19.5 Å². The van der Waals surface area contributed by atoms with Gasteiger partial charge in [-0.3, -0.25) is 10.1 Å². The van der Waals surface area contributed by atoms with Crippen molar-refractivity contribution in [2.45, 2.75) is 6.54 Å². The Kier molecular flexibility index (Phi) is 3.24. The molecule has 0 aliphatic heterocycles. The van der Waals surface area contributed by atoms with E-state index in [0.717, 1.165) is 6.54 Å². The van der Waals surface area contributed by atoms with Crippen LogP contribution >= 0.6 is 0 Å². The van der Waals surface area contributed by atoms with Crippen LogP contribution in [0.5, 0.6) is 0 Å². The maximum absolute atomic E-state index is 10.4. The van der Waals surface area contributed by atoms with Crippen LogP contribution < -0.4 is 5.32 Å². The van der Waals surface area contributed by atoms with E-state index in [2.05, 4.69) is 20.3 Å². The SMILES string of the molecule is O=[N+]([O-])c1cnc(NCCn2ccnc2)nc1. The molecule has 1 N–H and O–H groups in total. The van der Waals surface area contributed by atoms with Crippen LogP contribution in [0.1, 0.15) is 0 Å². The van der Waals surface area contributed by atoms with E-state index in [0.29, 0.717) is 12.5 Å². The molecule has 0 spiro atoms. The van der Waals surface area contributed by atoms with Crippen LogP contribution in [-0.4, -0.2) is 31.0 Å². The lowest BCUT2D eigenvalue weighted by Crippen LogP contribution is -2.11. The minimum atomic E-state index is -0.532. The summed E-state index contributed by atoms with van der Waals surface area (Å²) in [6.45, 7) is 1.34. The average molecular weight is 234 g/mol. The Morgan fingerprint density at radius 3 is 2.76 bits per heavy atom. The van der Waals surface area contributed by atoms with Gasteiger partial charge in [-0.15, -0.1) is 0 Å². The van der Waals surface area contributed by atoms with Gasteiger partial charge < -0.3 is 9.88 Å². The summed E-state index contributed by atoms with van der Waals surface area (Å²) in [5, 5.41) is 13.3. The molecular formula is C9H10N6O2. The van der Waals surface area contributed by atoms with E-state index < -0.39 is 4.92 Å². The van der Waals surface area contributed by atoms with Crippen molar-refractivity contribution < 1.29 is 4.92 Å². The Labute approximate surface area is 96.5 Å². The molecule has 0 bridgehead atoms. The van der Waals surface area contributed by atoms with Crippen molar-refractivity contribution >= 4 is 11.6 Å². The second-order valence-corrected chi connectivity index (χ2v) is 3.25. The maximum Gasteiger partial charge on any atom is 0.305 e. The molecule has 0 aliphatic rings. The van der Waals surface area contributed by atoms with E-state index >= 15 is 0 Å². The monoisotopic (exact) mass is 234 g/mol. The number of aromatic nitrogens is 4. The minimum Gasteiger partial charge on any atom is -0.352 e. The van der Waals surface area contributed by atoms with Gasteiger partial charge in [0, 0.05) is 25.5 Å². The lowest BCUT2D eigenvalue weighted by atomic mass is 10.5. The Hall–Kier alpha value is -2.51. The van der Waals surface area contributed by atoms with Crippen molar-refractivity contribution in [1.29, 1.82) is 0 Å². The molecule has 0 unspecified atom stereocenters. The second-order valence-electron chi connectivity index (χ2n) is 3.25. The van der Waals surface area contributed by atoms with Crippen molar-refractivity contribution in [3.8, 4) is 0 Å². The third kappa shape index (κ3) is 2.97. The highest BCUT2D eigenvalue weighted by molar-refractivity contribution is 5.30. The highest BCUT2D eigenvalue weighted by Crippen LogP contribution is 2.07. The molecule has 2 aromatic heterocycles. The van der Waals surface area contributed by atoms with Gasteiger partial charge in [0.2, 0.25) is 5.95 Å². The van der Waals surface area contributed by atoms with Crippen molar-refractivity contribution in [2.24, 2.45) is 0 Å². The van der Waals surface area contributed by atoms with E-state index in [-0.39, 0.29) is 5.69 Å². The molecule has 0 fully saturated rings. The van der Waals surface area contributed by atoms with Crippen LogP contribution in [0.15, 0.2) is 31.1 Å². The molecule has 8 nitrogen and oxygen atoms in total. The van der Waals surface area contributed by atoms with Gasteiger partial charge in [0.15, 0.2) is 0 Å². The fraction of sp³-hybridized carbons (Fsp3) is 0.222. The van der Waals surface area contributed by atoms with Crippen molar-refractivity contribution in [2.75, 3.05) is 11.9 Å². The third-order valence-corrected chi connectivity index (χ3v) is 2.06. The fourth-order valence-electron chi connectivity index (χ4n) is 1.22. The predicted molar refractivity (Wildman–Crippen MR) is 59.4 cm³/mol. The Morgan fingerprint density at radius 2 is 2.18 bits per heavy atom. The highest BCUT2D eigenvalue weighted by Gasteiger charge is 2.05. The number of rotatable bonds is 5. The number of nitro groups is 1. The van der Waals surface area contributed by atoms with Gasteiger partial charge in [-0.25, -0.2) is 15.0 Å². The smallest absolute Gasteiger partial charge is 0.305 e. The Morgan fingerprint density at radius 1 is 1.41 bits per heavy atom. The summed E-state index contributed by atoms with van der Waals surface area (Å²) >= 11 is 0. The van der Waals surface area contributed by atoms with Crippen LogP contribution in [0.25, 0.3) is 0 Å². The van der Waals surface area contributed by atoms with Crippen LogP contribution in [0, 0.1) is 10.1 Å². The molecule has 17 heavy (non-hydrogen) atoms. The zero-order valence-electron chi connectivity index (χ0n) is 8.85. The van der Waals surface area contributed by atoms with E-state index in [4.69, 9.17) is 0 Å². The van der Waals surface area contributed by atoms with Crippen molar-refractivity contribution in [3.05, 3.63) is 41.2 Å². The summed E-state index contributed by atoms with van der Waals surface area (Å²) in [5.41, 5.74) is -0.120. The lowest BCUT2D eigenvalue weighted by Gasteiger charge is -2.04. The number of nitrogens with one attached hydrogen (secondary N) is 1. The van der Waals surface area contributed by atoms with E-state index in [9.17, 15) is 10.1 Å². The summed E-state index contributed by atoms with van der Waals surface area (Å²) in [4.78, 5) is 21.4. The number of hydrogen-bond acceptors (Lipinski definition) is 6. The average Bonchev–Trinajstić information content (AvgIpc) is 2.83. The molecule has 0 saturated carbocycles. The fourth-order valence-corrected chi connectivity index (χ4v) is 1.22. The molecule has 0 amide bonds.